The lowest BCUT2D eigenvalue weighted by molar-refractivity contribution is -0.143. The minimum absolute atomic E-state index is 0.00127. The van der Waals surface area contributed by atoms with Gasteiger partial charge in [-0.1, -0.05) is 31.9 Å². The second-order valence-electron chi connectivity index (χ2n) is 10.4. The predicted octanol–water partition coefficient (Wildman–Crippen LogP) is 3.89. The fourth-order valence-electron chi connectivity index (χ4n) is 5.52. The van der Waals surface area contributed by atoms with Crippen LogP contribution in [0.1, 0.15) is 37.7 Å². The normalized spacial score (nSPS) is 28.3. The second kappa shape index (κ2) is 11.2. The predicted molar refractivity (Wildman–Crippen MR) is 143 cm³/mol. The second-order valence-corrected chi connectivity index (χ2v) is 13.9. The molecule has 13 heteroatoms. The molecule has 0 bridgehead atoms. The summed E-state index contributed by atoms with van der Waals surface area (Å²) in [6.45, 7) is 1.78. The quantitative estimate of drug-likeness (QED) is 0.399. The molecule has 1 aromatic carbocycles. The molecule has 0 spiro atoms. The molecule has 210 valence electrons. The van der Waals surface area contributed by atoms with Gasteiger partial charge in [0.2, 0.25) is 0 Å². The van der Waals surface area contributed by atoms with Crippen LogP contribution in [-0.4, -0.2) is 86.4 Å². The molecule has 3 heterocycles. The largest absolute Gasteiger partial charge is 0.401 e. The van der Waals surface area contributed by atoms with Gasteiger partial charge < -0.3 is 5.32 Å². The summed E-state index contributed by atoms with van der Waals surface area (Å²) in [7, 11) is -2.54. The van der Waals surface area contributed by atoms with E-state index in [0.29, 0.717) is 18.0 Å². The molecule has 4 rings (SSSR count). The summed E-state index contributed by atoms with van der Waals surface area (Å²) in [5.74, 6) is -1.17. The molecule has 38 heavy (non-hydrogen) atoms. The third kappa shape index (κ3) is 6.97. The molecule has 1 aromatic rings. The number of nitrogens with zero attached hydrogens (tertiary/aromatic N) is 2. The van der Waals surface area contributed by atoms with Crippen molar-refractivity contribution in [3.8, 4) is 0 Å². The van der Waals surface area contributed by atoms with Crippen LogP contribution in [0.25, 0.3) is 0 Å². The monoisotopic (exact) mass is 595 g/mol. The van der Waals surface area contributed by atoms with Crippen molar-refractivity contribution in [3.63, 3.8) is 0 Å². The molecule has 1 amide bonds. The SMILES string of the molecule is C[C@H](/C=C\S(C)(=O)=O)NC(=O)[C@@]1(F)CCCN(C2=Pc3cccc(Cl)c3[C@@H]3CN(CC(F)(F)F)C[C@H]23)CC1. The highest BCUT2D eigenvalue weighted by Gasteiger charge is 2.47. The van der Waals surface area contributed by atoms with Crippen molar-refractivity contribution >= 4 is 46.3 Å². The minimum atomic E-state index is -4.31. The molecule has 3 aliphatic heterocycles. The number of alkyl halides is 4. The molecule has 4 atom stereocenters. The van der Waals surface area contributed by atoms with E-state index in [2.05, 4.69) is 5.32 Å². The first kappa shape index (κ1) is 29.5. The van der Waals surface area contributed by atoms with E-state index in [9.17, 15) is 26.4 Å². The number of nitrogens with one attached hydrogen (secondary N) is 1. The van der Waals surface area contributed by atoms with Gasteiger partial charge in [-0.3, -0.25) is 14.6 Å². The van der Waals surface area contributed by atoms with Gasteiger partial charge in [-0.05, 0) is 37.5 Å². The summed E-state index contributed by atoms with van der Waals surface area (Å²) in [6, 6.07) is 4.85. The Morgan fingerprint density at radius 3 is 2.66 bits per heavy atom. The average Bonchev–Trinajstić information content (AvgIpc) is 3.09. The Morgan fingerprint density at radius 2 is 1.97 bits per heavy atom. The van der Waals surface area contributed by atoms with Gasteiger partial charge in [-0.2, -0.15) is 13.2 Å². The third-order valence-electron chi connectivity index (χ3n) is 7.25. The Balaban J connectivity index is 1.53. The highest BCUT2D eigenvalue weighted by Crippen LogP contribution is 2.44. The molecular formula is C25H31ClF4N3O3PS. The number of hydrogen-bond acceptors (Lipinski definition) is 5. The van der Waals surface area contributed by atoms with Crippen molar-refractivity contribution in [1.82, 2.24) is 15.1 Å². The van der Waals surface area contributed by atoms with E-state index in [1.807, 2.05) is 17.0 Å². The minimum Gasteiger partial charge on any atom is -0.347 e. The van der Waals surface area contributed by atoms with Gasteiger partial charge in [0.25, 0.3) is 5.91 Å². The Kier molecular flexibility index (Phi) is 8.65. The van der Waals surface area contributed by atoms with Crippen molar-refractivity contribution in [2.75, 3.05) is 39.0 Å². The van der Waals surface area contributed by atoms with Crippen LogP contribution in [0.4, 0.5) is 17.6 Å². The molecule has 1 N–H and O–H groups in total. The fourth-order valence-corrected chi connectivity index (χ4v) is 8.01. The molecule has 3 aliphatic rings. The lowest BCUT2D eigenvalue weighted by Crippen LogP contribution is -2.47. The van der Waals surface area contributed by atoms with E-state index < -0.39 is 40.2 Å². The number of rotatable bonds is 6. The number of hydrogen-bond donors (Lipinski definition) is 1. The van der Waals surface area contributed by atoms with Crippen LogP contribution >= 0.6 is 19.8 Å². The van der Waals surface area contributed by atoms with Crippen LogP contribution in [0.2, 0.25) is 5.02 Å². The van der Waals surface area contributed by atoms with E-state index in [4.69, 9.17) is 11.6 Å². The zero-order chi connectivity index (χ0) is 27.9. The third-order valence-corrected chi connectivity index (χ3v) is 9.70. The van der Waals surface area contributed by atoms with Gasteiger partial charge in [0.15, 0.2) is 15.5 Å². The van der Waals surface area contributed by atoms with Crippen LogP contribution in [0.15, 0.2) is 29.7 Å². The van der Waals surface area contributed by atoms with Crippen LogP contribution in [-0.2, 0) is 14.6 Å². The molecule has 0 radical (unpaired) electrons. The molecule has 2 saturated heterocycles. The summed E-state index contributed by atoms with van der Waals surface area (Å²) < 4.78 is 78.2. The van der Waals surface area contributed by atoms with E-state index in [0.717, 1.165) is 36.2 Å². The number of benzene rings is 1. The first-order valence-corrected chi connectivity index (χ1v) is 15.7. The van der Waals surface area contributed by atoms with Gasteiger partial charge in [0, 0.05) is 77.9 Å². The smallest absolute Gasteiger partial charge is 0.347 e. The summed E-state index contributed by atoms with van der Waals surface area (Å²) in [4.78, 5) is 16.3. The first-order valence-electron chi connectivity index (χ1n) is 12.4. The molecule has 0 aromatic heterocycles. The molecule has 2 fully saturated rings. The molecule has 0 saturated carbocycles. The number of carbonyl (C=O) groups excluding carboxylic acids is 1. The maximum atomic E-state index is 15.9. The fraction of sp³-hybridized carbons (Fsp3) is 0.600. The van der Waals surface area contributed by atoms with Gasteiger partial charge in [0.05, 0.1) is 6.54 Å². The standard InChI is InChI=1S/C25H31ClF4N3O3PS/c1-16(7-12-38(2,35)36)31-23(34)24(27)8-4-10-33(11-9-24)22-18-14-32(15-25(28,29)30)13-17(18)21-19(26)5-3-6-20(21)37-22/h3,5-7,12,16-18H,4,8-11,13-15H2,1-2H3,(H,31,34)/b12-7-/t16-,17-,18+,24-/m1/s1. The van der Waals surface area contributed by atoms with Crippen molar-refractivity contribution < 1.29 is 30.8 Å². The van der Waals surface area contributed by atoms with Gasteiger partial charge in [-0.15, -0.1) is 0 Å². The van der Waals surface area contributed by atoms with Crippen LogP contribution in [0.3, 0.4) is 0 Å². The number of amides is 1. The van der Waals surface area contributed by atoms with Crippen molar-refractivity contribution in [2.24, 2.45) is 5.92 Å². The molecule has 6 nitrogen and oxygen atoms in total. The van der Waals surface area contributed by atoms with Crippen molar-refractivity contribution in [3.05, 3.63) is 40.3 Å². The summed E-state index contributed by atoms with van der Waals surface area (Å²) >= 11 is 6.51. The number of halogens is 5. The molecule has 0 unspecified atom stereocenters. The molecule has 0 aliphatic carbocycles. The summed E-state index contributed by atoms with van der Waals surface area (Å²) in [6.07, 6.45) is -1.67. The van der Waals surface area contributed by atoms with Crippen molar-refractivity contribution in [2.45, 2.75) is 50.0 Å². The van der Waals surface area contributed by atoms with E-state index in [1.54, 1.807) is 13.0 Å². The maximum Gasteiger partial charge on any atom is 0.401 e. The lowest BCUT2D eigenvalue weighted by atomic mass is 9.87. The van der Waals surface area contributed by atoms with Gasteiger partial charge in [-0.25, -0.2) is 12.8 Å². The first-order chi connectivity index (χ1) is 17.7. The Labute approximate surface area is 227 Å². The highest BCUT2D eigenvalue weighted by molar-refractivity contribution is 7.93. The number of carbonyl (C=O) groups is 1. The van der Waals surface area contributed by atoms with Crippen LogP contribution in [0.5, 0.6) is 0 Å². The van der Waals surface area contributed by atoms with Crippen molar-refractivity contribution in [1.29, 1.82) is 0 Å². The maximum absolute atomic E-state index is 15.9. The van der Waals surface area contributed by atoms with E-state index in [-0.39, 0.29) is 44.3 Å². The topological polar surface area (TPSA) is 69.7 Å². The van der Waals surface area contributed by atoms with E-state index >= 15 is 4.39 Å². The average molecular weight is 596 g/mol. The zero-order valence-corrected chi connectivity index (χ0v) is 23.6. The molecular weight excluding hydrogens is 565 g/mol. The van der Waals surface area contributed by atoms with E-state index in [1.165, 1.54) is 11.0 Å². The summed E-state index contributed by atoms with van der Waals surface area (Å²) in [5, 5.41) is 5.02. The number of likely N-dealkylation sites (tertiary alicyclic amines) is 2. The van der Waals surface area contributed by atoms with Crippen LogP contribution < -0.4 is 10.6 Å². The Bertz CT molecular complexity index is 1240. The highest BCUT2D eigenvalue weighted by atomic mass is 35.5. The Morgan fingerprint density at radius 1 is 1.26 bits per heavy atom. The zero-order valence-electron chi connectivity index (χ0n) is 21.1. The van der Waals surface area contributed by atoms with Gasteiger partial charge in [0.1, 0.15) is 0 Å². The van der Waals surface area contributed by atoms with Crippen LogP contribution in [0, 0.1) is 5.92 Å². The number of fused-ring (bicyclic) bond motifs is 3. The summed E-state index contributed by atoms with van der Waals surface area (Å²) in [5.41, 5.74) is -0.296. The number of sulfone groups is 1. The Hall–Kier alpha value is -1.52. The lowest BCUT2D eigenvalue weighted by Gasteiger charge is -2.34. The van der Waals surface area contributed by atoms with Gasteiger partial charge >= 0.3 is 6.18 Å².